The zero-order valence-electron chi connectivity index (χ0n) is 13.2. The van der Waals surface area contributed by atoms with Gasteiger partial charge in [0.25, 0.3) is 5.91 Å². The number of nitrogens with one attached hydrogen (secondary N) is 1. The average Bonchev–Trinajstić information content (AvgIpc) is 2.60. The summed E-state index contributed by atoms with van der Waals surface area (Å²) in [6.45, 7) is 1.45. The van der Waals surface area contributed by atoms with Gasteiger partial charge < -0.3 is 10.1 Å². The summed E-state index contributed by atoms with van der Waals surface area (Å²) in [4.78, 5) is 23.4. The molecule has 1 atom stereocenters. The first kappa shape index (κ1) is 17.4. The molecular weight excluding hydrogens is 309 g/mol. The maximum atomic E-state index is 13.4. The van der Waals surface area contributed by atoms with E-state index >= 15 is 0 Å². The van der Waals surface area contributed by atoms with Crippen LogP contribution in [-0.2, 0) is 14.3 Å². The number of rotatable bonds is 6. The Labute approximate surface area is 140 Å². The van der Waals surface area contributed by atoms with E-state index in [1.807, 2.05) is 37.3 Å². The van der Waals surface area contributed by atoms with E-state index in [0.717, 1.165) is 11.6 Å². The van der Waals surface area contributed by atoms with Crippen molar-refractivity contribution in [1.82, 2.24) is 5.32 Å². The molecule has 5 heteroatoms. The molecule has 0 radical (unpaired) electrons. The number of carbonyl (C=O) groups excluding carboxylic acids is 2. The highest BCUT2D eigenvalue weighted by molar-refractivity contribution is 5.89. The van der Waals surface area contributed by atoms with E-state index in [0.29, 0.717) is 0 Å². The van der Waals surface area contributed by atoms with Gasteiger partial charge in [-0.15, -0.1) is 0 Å². The van der Waals surface area contributed by atoms with Gasteiger partial charge in [0, 0.05) is 11.6 Å². The highest BCUT2D eigenvalue weighted by Gasteiger charge is 2.10. The van der Waals surface area contributed by atoms with Crippen LogP contribution in [0.4, 0.5) is 4.39 Å². The molecule has 24 heavy (non-hydrogen) atoms. The molecule has 0 heterocycles. The Hall–Kier alpha value is -2.95. The fraction of sp³-hybridized carbons (Fsp3) is 0.158. The van der Waals surface area contributed by atoms with Crippen LogP contribution in [0.5, 0.6) is 0 Å². The molecule has 2 rings (SSSR count). The molecule has 0 aromatic heterocycles. The third-order valence-corrected chi connectivity index (χ3v) is 3.33. The van der Waals surface area contributed by atoms with Crippen molar-refractivity contribution in [2.24, 2.45) is 0 Å². The molecule has 0 aliphatic rings. The number of halogens is 1. The number of benzene rings is 2. The van der Waals surface area contributed by atoms with Gasteiger partial charge in [-0.05, 0) is 24.6 Å². The Morgan fingerprint density at radius 3 is 2.50 bits per heavy atom. The van der Waals surface area contributed by atoms with Crippen LogP contribution in [0.1, 0.15) is 24.1 Å². The molecule has 0 spiro atoms. The fourth-order valence-corrected chi connectivity index (χ4v) is 2.06. The fourth-order valence-electron chi connectivity index (χ4n) is 2.06. The van der Waals surface area contributed by atoms with E-state index in [1.54, 1.807) is 12.1 Å². The highest BCUT2D eigenvalue weighted by Crippen LogP contribution is 2.11. The van der Waals surface area contributed by atoms with Gasteiger partial charge in [-0.2, -0.15) is 0 Å². The van der Waals surface area contributed by atoms with Crippen LogP contribution in [0.15, 0.2) is 60.7 Å². The second kappa shape index (κ2) is 8.62. The lowest BCUT2D eigenvalue weighted by atomic mass is 10.1. The van der Waals surface area contributed by atoms with E-state index in [9.17, 15) is 14.0 Å². The summed E-state index contributed by atoms with van der Waals surface area (Å²) in [5, 5.41) is 2.73. The lowest BCUT2D eigenvalue weighted by molar-refractivity contribution is -0.144. The Morgan fingerprint density at radius 2 is 1.79 bits per heavy atom. The standard InChI is InChI=1S/C19H18FNO3/c1-14(15-7-3-2-4-8-15)21-18(22)13-24-19(23)12-11-16-9-5-6-10-17(16)20/h2-12,14H,13H2,1H3,(H,21,22)/b12-11+/t14-/m1/s1. The van der Waals surface area contributed by atoms with Crippen LogP contribution in [0.2, 0.25) is 0 Å². The number of carbonyl (C=O) groups is 2. The number of esters is 1. The molecule has 0 bridgehead atoms. The predicted molar refractivity (Wildman–Crippen MR) is 89.4 cm³/mol. The molecule has 124 valence electrons. The van der Waals surface area contributed by atoms with Crippen LogP contribution in [0, 0.1) is 5.82 Å². The molecule has 1 N–H and O–H groups in total. The van der Waals surface area contributed by atoms with Crippen molar-refractivity contribution in [2.45, 2.75) is 13.0 Å². The van der Waals surface area contributed by atoms with Crippen LogP contribution in [0.3, 0.4) is 0 Å². The lowest BCUT2D eigenvalue weighted by Gasteiger charge is -2.13. The Morgan fingerprint density at radius 1 is 1.12 bits per heavy atom. The lowest BCUT2D eigenvalue weighted by Crippen LogP contribution is -2.30. The summed E-state index contributed by atoms with van der Waals surface area (Å²) in [7, 11) is 0. The second-order valence-electron chi connectivity index (χ2n) is 5.16. The summed E-state index contributed by atoms with van der Waals surface area (Å²) in [5.41, 5.74) is 1.23. The molecule has 0 fully saturated rings. The third kappa shape index (κ3) is 5.35. The van der Waals surface area contributed by atoms with Crippen molar-refractivity contribution < 1.29 is 18.7 Å². The van der Waals surface area contributed by atoms with Gasteiger partial charge >= 0.3 is 5.97 Å². The van der Waals surface area contributed by atoms with Gasteiger partial charge in [0.15, 0.2) is 6.61 Å². The van der Waals surface area contributed by atoms with Gasteiger partial charge in [0.05, 0.1) is 6.04 Å². The first-order valence-corrected chi connectivity index (χ1v) is 7.50. The molecule has 2 aromatic carbocycles. The zero-order valence-corrected chi connectivity index (χ0v) is 13.2. The van der Waals surface area contributed by atoms with Gasteiger partial charge in [-0.25, -0.2) is 9.18 Å². The molecule has 0 saturated carbocycles. The SMILES string of the molecule is C[C@@H](NC(=O)COC(=O)/C=C/c1ccccc1F)c1ccccc1. The quantitative estimate of drug-likeness (QED) is 0.654. The summed E-state index contributed by atoms with van der Waals surface area (Å²) in [6, 6.07) is 15.3. The summed E-state index contributed by atoms with van der Waals surface area (Å²) >= 11 is 0. The van der Waals surface area contributed by atoms with E-state index in [4.69, 9.17) is 4.74 Å². The van der Waals surface area contributed by atoms with E-state index in [2.05, 4.69) is 5.32 Å². The van der Waals surface area contributed by atoms with Crippen LogP contribution < -0.4 is 5.32 Å². The number of hydrogen-bond donors (Lipinski definition) is 1. The minimum Gasteiger partial charge on any atom is -0.452 e. The molecule has 4 nitrogen and oxygen atoms in total. The monoisotopic (exact) mass is 327 g/mol. The zero-order chi connectivity index (χ0) is 17.4. The Kier molecular flexibility index (Phi) is 6.25. The van der Waals surface area contributed by atoms with Gasteiger partial charge in [0.1, 0.15) is 5.82 Å². The normalized spacial score (nSPS) is 11.9. The smallest absolute Gasteiger partial charge is 0.331 e. The summed E-state index contributed by atoms with van der Waals surface area (Å²) in [6.07, 6.45) is 2.40. The van der Waals surface area contributed by atoms with Gasteiger partial charge in [0.2, 0.25) is 0 Å². The van der Waals surface area contributed by atoms with Crippen molar-refractivity contribution in [3.63, 3.8) is 0 Å². The van der Waals surface area contributed by atoms with E-state index in [1.165, 1.54) is 18.2 Å². The van der Waals surface area contributed by atoms with Crippen molar-refractivity contribution in [1.29, 1.82) is 0 Å². The number of ether oxygens (including phenoxy) is 1. The largest absolute Gasteiger partial charge is 0.452 e. The first-order chi connectivity index (χ1) is 11.6. The maximum Gasteiger partial charge on any atom is 0.331 e. The van der Waals surface area contributed by atoms with Crippen molar-refractivity contribution >= 4 is 18.0 Å². The molecule has 0 aliphatic carbocycles. The highest BCUT2D eigenvalue weighted by atomic mass is 19.1. The molecule has 0 aliphatic heterocycles. The van der Waals surface area contributed by atoms with Crippen molar-refractivity contribution in [2.75, 3.05) is 6.61 Å². The van der Waals surface area contributed by atoms with Crippen molar-refractivity contribution in [3.05, 3.63) is 77.6 Å². The average molecular weight is 327 g/mol. The van der Waals surface area contributed by atoms with E-state index < -0.39 is 24.3 Å². The van der Waals surface area contributed by atoms with Gasteiger partial charge in [-0.3, -0.25) is 4.79 Å². The molecule has 0 unspecified atom stereocenters. The molecular formula is C19H18FNO3. The Balaban J connectivity index is 1.79. The van der Waals surface area contributed by atoms with E-state index in [-0.39, 0.29) is 11.6 Å². The third-order valence-electron chi connectivity index (χ3n) is 3.33. The molecule has 1 amide bonds. The molecule has 0 saturated heterocycles. The van der Waals surface area contributed by atoms with Crippen LogP contribution >= 0.6 is 0 Å². The van der Waals surface area contributed by atoms with Gasteiger partial charge in [-0.1, -0.05) is 48.5 Å². The Bertz CT molecular complexity index is 728. The van der Waals surface area contributed by atoms with Crippen molar-refractivity contribution in [3.8, 4) is 0 Å². The topological polar surface area (TPSA) is 55.4 Å². The predicted octanol–water partition coefficient (Wildman–Crippen LogP) is 3.26. The maximum absolute atomic E-state index is 13.4. The van der Waals surface area contributed by atoms with Crippen LogP contribution in [0.25, 0.3) is 6.08 Å². The van der Waals surface area contributed by atoms with Crippen LogP contribution in [-0.4, -0.2) is 18.5 Å². The minimum absolute atomic E-state index is 0.189. The number of hydrogen-bond acceptors (Lipinski definition) is 3. The second-order valence-corrected chi connectivity index (χ2v) is 5.16. The minimum atomic E-state index is -0.708. The first-order valence-electron chi connectivity index (χ1n) is 7.50. The number of amides is 1. The summed E-state index contributed by atoms with van der Waals surface area (Å²) < 4.78 is 18.2. The summed E-state index contributed by atoms with van der Waals surface area (Å²) in [5.74, 6) is -1.55. The molecule has 2 aromatic rings.